The summed E-state index contributed by atoms with van der Waals surface area (Å²) in [4.78, 5) is 12.5. The third kappa shape index (κ3) is 4.97. The van der Waals surface area contributed by atoms with Crippen LogP contribution in [0.2, 0.25) is 0 Å². The highest BCUT2D eigenvalue weighted by molar-refractivity contribution is 5.98. The van der Waals surface area contributed by atoms with Gasteiger partial charge in [-0.2, -0.15) is 0 Å². The van der Waals surface area contributed by atoms with Gasteiger partial charge in [0.1, 0.15) is 0 Å². The number of carbonyl (C=O) groups is 1. The molecule has 0 aliphatic rings. The van der Waals surface area contributed by atoms with Gasteiger partial charge in [-0.05, 0) is 31.0 Å². The summed E-state index contributed by atoms with van der Waals surface area (Å²) in [6, 6.07) is 13.7. The second-order valence-corrected chi connectivity index (χ2v) is 5.81. The zero-order chi connectivity index (χ0) is 18.2. The Morgan fingerprint density at radius 2 is 1.60 bits per heavy atom. The Morgan fingerprint density at radius 3 is 2.12 bits per heavy atom. The quantitative estimate of drug-likeness (QED) is 0.709. The van der Waals surface area contributed by atoms with Crippen LogP contribution in [0.5, 0.6) is 17.2 Å². The summed E-state index contributed by atoms with van der Waals surface area (Å²) in [5.74, 6) is 1.40. The molecule has 2 aromatic carbocycles. The van der Waals surface area contributed by atoms with Gasteiger partial charge in [-0.1, -0.05) is 30.3 Å². The lowest BCUT2D eigenvalue weighted by Crippen LogP contribution is -2.33. The first-order chi connectivity index (χ1) is 12.1. The summed E-state index contributed by atoms with van der Waals surface area (Å²) in [6.45, 7) is 2.31. The fourth-order valence-electron chi connectivity index (χ4n) is 2.65. The molecule has 0 bridgehead atoms. The Hall–Kier alpha value is -2.53. The van der Waals surface area contributed by atoms with E-state index in [2.05, 4.69) is 24.4 Å². The lowest BCUT2D eigenvalue weighted by atomic mass is 10.1. The molecular weight excluding hydrogens is 318 g/mol. The highest BCUT2D eigenvalue weighted by atomic mass is 16.5. The van der Waals surface area contributed by atoms with Crippen LogP contribution < -0.4 is 19.5 Å². The Bertz CT molecular complexity index is 675. The van der Waals surface area contributed by atoms with Crippen LogP contribution in [-0.4, -0.2) is 39.7 Å². The van der Waals surface area contributed by atoms with Crippen LogP contribution in [0, 0.1) is 0 Å². The molecule has 5 heteroatoms. The summed E-state index contributed by atoms with van der Waals surface area (Å²) in [5, 5.41) is 3.27. The van der Waals surface area contributed by atoms with E-state index in [0.717, 1.165) is 6.42 Å². The number of methoxy groups -OCH3 is 3. The highest BCUT2D eigenvalue weighted by Gasteiger charge is 2.17. The lowest BCUT2D eigenvalue weighted by molar-refractivity contribution is 0.0987. The van der Waals surface area contributed by atoms with Gasteiger partial charge in [-0.25, -0.2) is 0 Å². The third-order valence-electron chi connectivity index (χ3n) is 3.98. The van der Waals surface area contributed by atoms with Gasteiger partial charge in [0.05, 0.1) is 27.9 Å². The van der Waals surface area contributed by atoms with Gasteiger partial charge in [-0.3, -0.25) is 4.79 Å². The molecule has 2 rings (SSSR count). The van der Waals surface area contributed by atoms with Gasteiger partial charge < -0.3 is 19.5 Å². The van der Waals surface area contributed by atoms with Crippen molar-refractivity contribution in [2.75, 3.05) is 27.9 Å². The maximum Gasteiger partial charge on any atom is 0.203 e. The van der Waals surface area contributed by atoms with Crippen molar-refractivity contribution in [3.05, 3.63) is 53.6 Å². The van der Waals surface area contributed by atoms with E-state index in [-0.39, 0.29) is 18.4 Å². The van der Waals surface area contributed by atoms with E-state index >= 15 is 0 Å². The Balaban J connectivity index is 2.03. The van der Waals surface area contributed by atoms with Crippen LogP contribution in [0.1, 0.15) is 22.8 Å². The van der Waals surface area contributed by atoms with Gasteiger partial charge in [-0.15, -0.1) is 0 Å². The van der Waals surface area contributed by atoms with Crippen molar-refractivity contribution in [3.63, 3.8) is 0 Å². The highest BCUT2D eigenvalue weighted by Crippen LogP contribution is 2.38. The lowest BCUT2D eigenvalue weighted by Gasteiger charge is -2.15. The Morgan fingerprint density at radius 1 is 1.00 bits per heavy atom. The largest absolute Gasteiger partial charge is 0.493 e. The minimum atomic E-state index is -0.0286. The fourth-order valence-corrected chi connectivity index (χ4v) is 2.65. The molecule has 0 aromatic heterocycles. The van der Waals surface area contributed by atoms with Crippen molar-refractivity contribution in [1.29, 1.82) is 0 Å². The number of carbonyl (C=O) groups excluding carboxylic acids is 1. The zero-order valence-corrected chi connectivity index (χ0v) is 15.2. The molecule has 0 saturated carbocycles. The zero-order valence-electron chi connectivity index (χ0n) is 15.2. The van der Waals surface area contributed by atoms with E-state index in [4.69, 9.17) is 14.2 Å². The maximum absolute atomic E-state index is 12.5. The smallest absolute Gasteiger partial charge is 0.203 e. The predicted molar refractivity (Wildman–Crippen MR) is 98.0 cm³/mol. The van der Waals surface area contributed by atoms with Crippen molar-refractivity contribution in [2.24, 2.45) is 0 Å². The SMILES string of the molecule is COc1cc(C(=O)CNC(C)Cc2ccccc2)cc(OC)c1OC. The van der Waals surface area contributed by atoms with Crippen LogP contribution >= 0.6 is 0 Å². The monoisotopic (exact) mass is 343 g/mol. The van der Waals surface area contributed by atoms with Gasteiger partial charge in [0, 0.05) is 11.6 Å². The number of ether oxygens (including phenoxy) is 3. The summed E-state index contributed by atoms with van der Waals surface area (Å²) in [7, 11) is 4.60. The summed E-state index contributed by atoms with van der Waals surface area (Å²) in [6.07, 6.45) is 0.864. The minimum Gasteiger partial charge on any atom is -0.493 e. The fraction of sp³-hybridized carbons (Fsp3) is 0.350. The molecule has 0 spiro atoms. The van der Waals surface area contributed by atoms with Crippen LogP contribution in [0.15, 0.2) is 42.5 Å². The van der Waals surface area contributed by atoms with Crippen LogP contribution in [0.25, 0.3) is 0 Å². The molecule has 0 aliphatic heterocycles. The van der Waals surface area contributed by atoms with E-state index < -0.39 is 0 Å². The number of Topliss-reactive ketones (excluding diaryl/α,β-unsaturated/α-hetero) is 1. The first kappa shape index (κ1) is 18.8. The number of rotatable bonds is 9. The molecule has 5 nitrogen and oxygen atoms in total. The number of hydrogen-bond donors (Lipinski definition) is 1. The van der Waals surface area contributed by atoms with Crippen molar-refractivity contribution in [2.45, 2.75) is 19.4 Å². The molecule has 1 atom stereocenters. The van der Waals surface area contributed by atoms with E-state index in [9.17, 15) is 4.79 Å². The number of hydrogen-bond acceptors (Lipinski definition) is 5. The van der Waals surface area contributed by atoms with Crippen molar-refractivity contribution in [3.8, 4) is 17.2 Å². The molecule has 0 saturated heterocycles. The summed E-state index contributed by atoms with van der Waals surface area (Å²) in [5.41, 5.74) is 1.76. The van der Waals surface area contributed by atoms with E-state index in [1.807, 2.05) is 18.2 Å². The number of ketones is 1. The molecule has 0 radical (unpaired) electrons. The van der Waals surface area contributed by atoms with E-state index in [1.165, 1.54) is 26.9 Å². The number of nitrogens with one attached hydrogen (secondary N) is 1. The van der Waals surface area contributed by atoms with E-state index in [0.29, 0.717) is 22.8 Å². The van der Waals surface area contributed by atoms with Crippen LogP contribution in [-0.2, 0) is 6.42 Å². The molecular formula is C20H25NO4. The topological polar surface area (TPSA) is 56.8 Å². The van der Waals surface area contributed by atoms with Gasteiger partial charge in [0.25, 0.3) is 0 Å². The summed E-state index contributed by atoms with van der Waals surface area (Å²) >= 11 is 0. The second kappa shape index (κ2) is 9.08. The van der Waals surface area contributed by atoms with Gasteiger partial charge in [0.2, 0.25) is 5.75 Å². The molecule has 0 heterocycles. The average Bonchev–Trinajstić information content (AvgIpc) is 2.65. The number of benzene rings is 2. The summed E-state index contributed by atoms with van der Waals surface area (Å²) < 4.78 is 15.9. The molecule has 0 aliphatic carbocycles. The van der Waals surface area contributed by atoms with Crippen LogP contribution in [0.4, 0.5) is 0 Å². The molecule has 2 aromatic rings. The molecule has 0 fully saturated rings. The van der Waals surface area contributed by atoms with Crippen molar-refractivity contribution >= 4 is 5.78 Å². The normalized spacial score (nSPS) is 11.7. The third-order valence-corrected chi connectivity index (χ3v) is 3.98. The molecule has 1 unspecified atom stereocenters. The van der Waals surface area contributed by atoms with E-state index in [1.54, 1.807) is 12.1 Å². The van der Waals surface area contributed by atoms with Crippen molar-refractivity contribution < 1.29 is 19.0 Å². The Labute approximate surface area is 148 Å². The molecule has 1 N–H and O–H groups in total. The maximum atomic E-state index is 12.5. The minimum absolute atomic E-state index is 0.0286. The van der Waals surface area contributed by atoms with Crippen molar-refractivity contribution in [1.82, 2.24) is 5.32 Å². The first-order valence-corrected chi connectivity index (χ1v) is 8.19. The van der Waals surface area contributed by atoms with Gasteiger partial charge in [0.15, 0.2) is 17.3 Å². The first-order valence-electron chi connectivity index (χ1n) is 8.19. The molecule has 134 valence electrons. The second-order valence-electron chi connectivity index (χ2n) is 5.81. The predicted octanol–water partition coefficient (Wildman–Crippen LogP) is 3.12. The van der Waals surface area contributed by atoms with Gasteiger partial charge >= 0.3 is 0 Å². The van der Waals surface area contributed by atoms with Crippen LogP contribution in [0.3, 0.4) is 0 Å². The molecule has 0 amide bonds. The standard InChI is InChI=1S/C20H25NO4/c1-14(10-15-8-6-5-7-9-15)21-13-17(22)16-11-18(23-2)20(25-4)19(12-16)24-3/h5-9,11-12,14,21H,10,13H2,1-4H3. The Kier molecular flexibility index (Phi) is 6.83. The average molecular weight is 343 g/mol. The molecule has 25 heavy (non-hydrogen) atoms.